The van der Waals surface area contributed by atoms with Crippen molar-refractivity contribution in [3.8, 4) is 0 Å². The van der Waals surface area contributed by atoms with Gasteiger partial charge in [-0.15, -0.1) is 0 Å². The maximum Gasteiger partial charge on any atom is 0.257 e. The lowest BCUT2D eigenvalue weighted by Crippen LogP contribution is -2.26. The van der Waals surface area contributed by atoms with Gasteiger partial charge in [0.25, 0.3) is 5.91 Å². The topological polar surface area (TPSA) is 33.5 Å². The molecule has 0 N–H and O–H groups in total. The van der Waals surface area contributed by atoms with Gasteiger partial charge in [0.05, 0.1) is 11.8 Å². The van der Waals surface area contributed by atoms with Gasteiger partial charge in [-0.3, -0.25) is 4.79 Å². The van der Waals surface area contributed by atoms with Gasteiger partial charge in [0.2, 0.25) is 0 Å². The van der Waals surface area contributed by atoms with E-state index in [4.69, 9.17) is 4.42 Å². The molecule has 0 aliphatic carbocycles. The molecule has 0 aliphatic heterocycles. The summed E-state index contributed by atoms with van der Waals surface area (Å²) in [4.78, 5) is 13.6. The third-order valence-electron chi connectivity index (χ3n) is 2.85. The van der Waals surface area contributed by atoms with Crippen molar-refractivity contribution in [3.63, 3.8) is 0 Å². The summed E-state index contributed by atoms with van der Waals surface area (Å²) < 4.78 is 19.5. The van der Waals surface area contributed by atoms with Crippen LogP contribution in [0.2, 0.25) is 0 Å². The van der Waals surface area contributed by atoms with E-state index in [9.17, 15) is 9.18 Å². The number of furan rings is 1. The molecule has 0 unspecified atom stereocenters. The minimum absolute atomic E-state index is 0.189. The van der Waals surface area contributed by atoms with Crippen LogP contribution in [0.4, 0.5) is 4.39 Å². The smallest absolute Gasteiger partial charge is 0.257 e. The lowest BCUT2D eigenvalue weighted by Gasteiger charge is -2.17. The van der Waals surface area contributed by atoms with Crippen LogP contribution in [0, 0.1) is 12.7 Å². The molecule has 0 saturated carbocycles. The molecule has 1 amide bonds. The van der Waals surface area contributed by atoms with Crippen LogP contribution >= 0.6 is 15.9 Å². The fourth-order valence-corrected chi connectivity index (χ4v) is 2.21. The third-order valence-corrected chi connectivity index (χ3v) is 3.34. The van der Waals surface area contributed by atoms with Crippen molar-refractivity contribution in [2.24, 2.45) is 0 Å². The highest BCUT2D eigenvalue weighted by molar-refractivity contribution is 9.10. The molecule has 0 radical (unpaired) electrons. The van der Waals surface area contributed by atoms with E-state index in [0.717, 1.165) is 4.47 Å². The second kappa shape index (κ2) is 5.57. The quantitative estimate of drug-likeness (QED) is 0.860. The molecule has 1 aromatic heterocycles. The number of nitrogens with zero attached hydrogens (tertiary/aromatic N) is 1. The summed E-state index contributed by atoms with van der Waals surface area (Å²) in [7, 11) is 1.63. The lowest BCUT2D eigenvalue weighted by molar-refractivity contribution is 0.0782. The summed E-state index contributed by atoms with van der Waals surface area (Å²) in [5.41, 5.74) is 0.962. The molecule has 3 nitrogen and oxygen atoms in total. The van der Waals surface area contributed by atoms with Gasteiger partial charge in [-0.25, -0.2) is 4.39 Å². The summed E-state index contributed by atoms with van der Waals surface area (Å²) in [5, 5.41) is 0. The summed E-state index contributed by atoms with van der Waals surface area (Å²) >= 11 is 3.29. The average molecular weight is 326 g/mol. The Labute approximate surface area is 119 Å². The van der Waals surface area contributed by atoms with Gasteiger partial charge in [0.15, 0.2) is 0 Å². The molecule has 1 aromatic carbocycles. The molecule has 5 heteroatoms. The Hall–Kier alpha value is -1.62. The van der Waals surface area contributed by atoms with Gasteiger partial charge in [0, 0.05) is 23.6 Å². The van der Waals surface area contributed by atoms with E-state index in [2.05, 4.69) is 15.9 Å². The highest BCUT2D eigenvalue weighted by atomic mass is 79.9. The first-order valence-electron chi connectivity index (χ1n) is 5.72. The Kier molecular flexibility index (Phi) is 4.04. The summed E-state index contributed by atoms with van der Waals surface area (Å²) in [5.74, 6) is 0.0453. The number of carbonyl (C=O) groups is 1. The molecule has 0 atom stereocenters. The summed E-state index contributed by atoms with van der Waals surface area (Å²) in [6.45, 7) is 1.93. The first-order valence-corrected chi connectivity index (χ1v) is 6.52. The van der Waals surface area contributed by atoms with Crippen LogP contribution < -0.4 is 0 Å². The lowest BCUT2D eigenvalue weighted by atomic mass is 10.2. The molecule has 100 valence electrons. The fourth-order valence-electron chi connectivity index (χ4n) is 1.80. The van der Waals surface area contributed by atoms with Crippen molar-refractivity contribution in [1.29, 1.82) is 0 Å². The maximum atomic E-state index is 13.6. The zero-order valence-electron chi connectivity index (χ0n) is 10.6. The predicted octanol–water partition coefficient (Wildman–Crippen LogP) is 3.76. The minimum Gasteiger partial charge on any atom is -0.469 e. The number of carbonyl (C=O) groups excluding carboxylic acids is 1. The van der Waals surface area contributed by atoms with Gasteiger partial charge in [-0.1, -0.05) is 15.9 Å². The van der Waals surface area contributed by atoms with Crippen LogP contribution in [0.15, 0.2) is 39.4 Å². The Morgan fingerprint density at radius 2 is 2.16 bits per heavy atom. The standard InChI is InChI=1S/C14H13BrFNO2/c1-9-12(5-6-19-9)14(18)17(2)8-10-7-11(15)3-4-13(10)16/h3-7H,8H2,1-2H3. The molecular weight excluding hydrogens is 313 g/mol. The average Bonchev–Trinajstić information content (AvgIpc) is 2.79. The molecule has 0 spiro atoms. The molecule has 0 aliphatic rings. The van der Waals surface area contributed by atoms with Crippen LogP contribution in [0.5, 0.6) is 0 Å². The van der Waals surface area contributed by atoms with Crippen molar-refractivity contribution in [1.82, 2.24) is 4.90 Å². The second-order valence-electron chi connectivity index (χ2n) is 4.29. The van der Waals surface area contributed by atoms with E-state index in [-0.39, 0.29) is 18.3 Å². The zero-order valence-corrected chi connectivity index (χ0v) is 12.2. The van der Waals surface area contributed by atoms with Crippen LogP contribution in [0.3, 0.4) is 0 Å². The molecule has 19 heavy (non-hydrogen) atoms. The van der Waals surface area contributed by atoms with E-state index in [1.165, 1.54) is 17.2 Å². The summed E-state index contributed by atoms with van der Waals surface area (Å²) in [6, 6.07) is 6.29. The summed E-state index contributed by atoms with van der Waals surface area (Å²) in [6.07, 6.45) is 1.47. The number of hydrogen-bond acceptors (Lipinski definition) is 2. The first kappa shape index (κ1) is 13.8. The van der Waals surface area contributed by atoms with E-state index in [1.807, 2.05) is 0 Å². The van der Waals surface area contributed by atoms with Gasteiger partial charge in [-0.05, 0) is 31.2 Å². The minimum atomic E-state index is -0.327. The highest BCUT2D eigenvalue weighted by Gasteiger charge is 2.17. The van der Waals surface area contributed by atoms with Crippen molar-refractivity contribution < 1.29 is 13.6 Å². The molecule has 2 aromatic rings. The largest absolute Gasteiger partial charge is 0.469 e. The van der Waals surface area contributed by atoms with E-state index >= 15 is 0 Å². The molecule has 0 fully saturated rings. The second-order valence-corrected chi connectivity index (χ2v) is 5.20. The number of halogens is 2. The predicted molar refractivity (Wildman–Crippen MR) is 73.3 cm³/mol. The maximum absolute atomic E-state index is 13.6. The van der Waals surface area contributed by atoms with Crippen LogP contribution in [-0.4, -0.2) is 17.9 Å². The van der Waals surface area contributed by atoms with Crippen molar-refractivity contribution >= 4 is 21.8 Å². The van der Waals surface area contributed by atoms with Crippen molar-refractivity contribution in [2.75, 3.05) is 7.05 Å². The van der Waals surface area contributed by atoms with Crippen LogP contribution in [0.25, 0.3) is 0 Å². The van der Waals surface area contributed by atoms with Gasteiger partial charge in [0.1, 0.15) is 11.6 Å². The Morgan fingerprint density at radius 1 is 1.42 bits per heavy atom. The van der Waals surface area contributed by atoms with Crippen molar-refractivity contribution in [2.45, 2.75) is 13.5 Å². The van der Waals surface area contributed by atoms with Gasteiger partial charge < -0.3 is 9.32 Å². The van der Waals surface area contributed by atoms with E-state index in [1.54, 1.807) is 32.2 Å². The van der Waals surface area contributed by atoms with Crippen LogP contribution in [0.1, 0.15) is 21.7 Å². The molecule has 0 bridgehead atoms. The molecular formula is C14H13BrFNO2. The SMILES string of the molecule is Cc1occc1C(=O)N(C)Cc1cc(Br)ccc1F. The molecule has 1 heterocycles. The number of rotatable bonds is 3. The monoisotopic (exact) mass is 325 g/mol. The fraction of sp³-hybridized carbons (Fsp3) is 0.214. The third kappa shape index (κ3) is 3.04. The normalized spacial score (nSPS) is 10.5. The molecule has 2 rings (SSSR count). The zero-order chi connectivity index (χ0) is 14.0. The van der Waals surface area contributed by atoms with Crippen molar-refractivity contribution in [3.05, 3.63) is 57.7 Å². The van der Waals surface area contributed by atoms with Crippen LogP contribution in [-0.2, 0) is 6.54 Å². The number of benzene rings is 1. The van der Waals surface area contributed by atoms with Gasteiger partial charge >= 0.3 is 0 Å². The number of aryl methyl sites for hydroxylation is 1. The van der Waals surface area contributed by atoms with E-state index < -0.39 is 0 Å². The Morgan fingerprint density at radius 3 is 2.79 bits per heavy atom. The first-order chi connectivity index (χ1) is 8.99. The van der Waals surface area contributed by atoms with Gasteiger partial charge in [-0.2, -0.15) is 0 Å². The Balaban J connectivity index is 2.17. The number of amides is 1. The highest BCUT2D eigenvalue weighted by Crippen LogP contribution is 2.18. The Bertz CT molecular complexity index is 609. The number of hydrogen-bond donors (Lipinski definition) is 0. The van der Waals surface area contributed by atoms with E-state index in [0.29, 0.717) is 16.9 Å². The molecule has 0 saturated heterocycles.